The highest BCUT2D eigenvalue weighted by Gasteiger charge is 2.33. The van der Waals surface area contributed by atoms with Crippen LogP contribution in [0, 0.1) is 13.8 Å². The molecule has 0 atom stereocenters. The topological polar surface area (TPSA) is 38.8 Å². The van der Waals surface area contributed by atoms with Crippen molar-refractivity contribution in [3.05, 3.63) is 56.9 Å². The van der Waals surface area contributed by atoms with Crippen molar-refractivity contribution in [3.8, 4) is 11.5 Å². The number of benzene rings is 2. The fourth-order valence-electron chi connectivity index (χ4n) is 2.73. The molecule has 2 aromatic carbocycles. The van der Waals surface area contributed by atoms with Gasteiger partial charge in [-0.2, -0.15) is 0 Å². The Bertz CT molecular complexity index is 972. The van der Waals surface area contributed by atoms with Crippen LogP contribution >= 0.6 is 35.6 Å². The van der Waals surface area contributed by atoms with Crippen LogP contribution in [0.3, 0.4) is 0 Å². The van der Waals surface area contributed by atoms with Crippen LogP contribution in [0.1, 0.15) is 16.7 Å². The second-order valence-corrected chi connectivity index (χ2v) is 8.11. The van der Waals surface area contributed by atoms with Crippen molar-refractivity contribution in [1.29, 1.82) is 0 Å². The number of thiocarbonyl (C=S) groups is 1. The fourth-order valence-corrected chi connectivity index (χ4v) is 4.32. The number of hydrogen-bond acceptors (Lipinski definition) is 5. The Morgan fingerprint density at radius 1 is 1.11 bits per heavy atom. The van der Waals surface area contributed by atoms with Gasteiger partial charge in [0, 0.05) is 0 Å². The Balaban J connectivity index is 1.97. The first-order valence-corrected chi connectivity index (χ1v) is 9.72. The number of nitrogens with zero attached hydrogens (tertiary/aromatic N) is 1. The van der Waals surface area contributed by atoms with E-state index < -0.39 is 0 Å². The van der Waals surface area contributed by atoms with Gasteiger partial charge in [0.15, 0.2) is 15.8 Å². The summed E-state index contributed by atoms with van der Waals surface area (Å²) in [6.45, 7) is 4.04. The minimum Gasteiger partial charge on any atom is -0.493 e. The van der Waals surface area contributed by atoms with Gasteiger partial charge in [0.2, 0.25) is 0 Å². The molecular formula is C20H18ClNO3S2. The van der Waals surface area contributed by atoms with Crippen LogP contribution in [-0.4, -0.2) is 24.4 Å². The van der Waals surface area contributed by atoms with Crippen molar-refractivity contribution in [3.63, 3.8) is 0 Å². The highest BCUT2D eigenvalue weighted by molar-refractivity contribution is 8.27. The first-order valence-electron chi connectivity index (χ1n) is 8.12. The lowest BCUT2D eigenvalue weighted by Crippen LogP contribution is -2.27. The van der Waals surface area contributed by atoms with E-state index in [9.17, 15) is 4.79 Å². The van der Waals surface area contributed by atoms with Crippen molar-refractivity contribution in [1.82, 2.24) is 0 Å². The Kier molecular flexibility index (Phi) is 5.79. The number of carbonyl (C=O) groups excluding carboxylic acids is 1. The summed E-state index contributed by atoms with van der Waals surface area (Å²) in [4.78, 5) is 15.0. The third-order valence-electron chi connectivity index (χ3n) is 4.30. The number of ether oxygens (including phenoxy) is 2. The smallest absolute Gasteiger partial charge is 0.270 e. The molecule has 0 unspecified atom stereocenters. The third kappa shape index (κ3) is 3.83. The average Bonchev–Trinajstić information content (AvgIpc) is 2.90. The van der Waals surface area contributed by atoms with Crippen molar-refractivity contribution in [2.24, 2.45) is 0 Å². The summed E-state index contributed by atoms with van der Waals surface area (Å²) in [5, 5.41) is 0.410. The number of hydrogen-bond donors (Lipinski definition) is 0. The minimum absolute atomic E-state index is 0.154. The monoisotopic (exact) mass is 419 g/mol. The summed E-state index contributed by atoms with van der Waals surface area (Å²) >= 11 is 13.0. The van der Waals surface area contributed by atoms with Crippen LogP contribution in [0.15, 0.2) is 35.2 Å². The van der Waals surface area contributed by atoms with Gasteiger partial charge in [0.1, 0.15) is 0 Å². The van der Waals surface area contributed by atoms with Crippen molar-refractivity contribution >= 4 is 57.6 Å². The number of thioether (sulfide) groups is 1. The molecular weight excluding hydrogens is 402 g/mol. The summed E-state index contributed by atoms with van der Waals surface area (Å²) in [5.74, 6) is 0.805. The SMILES string of the molecule is COc1cc(C=C2SC(=S)N(c3ccc(C)c(C)c3)C2=O)cc(Cl)c1OC. The van der Waals surface area contributed by atoms with E-state index in [1.807, 2.05) is 32.0 Å². The van der Waals surface area contributed by atoms with Crippen LogP contribution < -0.4 is 14.4 Å². The molecule has 1 saturated heterocycles. The molecule has 1 aliphatic rings. The first-order chi connectivity index (χ1) is 12.8. The van der Waals surface area contributed by atoms with E-state index in [-0.39, 0.29) is 5.91 Å². The molecule has 0 N–H and O–H groups in total. The van der Waals surface area contributed by atoms with Gasteiger partial charge < -0.3 is 9.47 Å². The molecule has 7 heteroatoms. The van der Waals surface area contributed by atoms with E-state index in [1.54, 1.807) is 23.1 Å². The predicted octanol–water partition coefficient (Wildman–Crippen LogP) is 5.38. The quantitative estimate of drug-likeness (QED) is 0.491. The van der Waals surface area contributed by atoms with E-state index in [0.29, 0.717) is 25.7 Å². The van der Waals surface area contributed by atoms with Gasteiger partial charge in [-0.15, -0.1) is 0 Å². The zero-order chi connectivity index (χ0) is 19.7. The minimum atomic E-state index is -0.154. The van der Waals surface area contributed by atoms with Crippen LogP contribution in [0.25, 0.3) is 6.08 Å². The molecule has 3 rings (SSSR count). The zero-order valence-electron chi connectivity index (χ0n) is 15.3. The number of amides is 1. The molecule has 1 heterocycles. The first kappa shape index (κ1) is 19.7. The highest BCUT2D eigenvalue weighted by Crippen LogP contribution is 2.40. The number of aryl methyl sites for hydroxylation is 2. The van der Waals surface area contributed by atoms with Crippen molar-refractivity contribution in [2.75, 3.05) is 19.1 Å². The van der Waals surface area contributed by atoms with Crippen molar-refractivity contribution < 1.29 is 14.3 Å². The standard InChI is InChI=1S/C20H18ClNO3S2/c1-11-5-6-14(7-12(11)2)22-19(23)17(27-20(22)26)10-13-8-15(21)18(25-4)16(9-13)24-3/h5-10H,1-4H3. The van der Waals surface area contributed by atoms with Crippen molar-refractivity contribution in [2.45, 2.75) is 13.8 Å². The fraction of sp³-hybridized carbons (Fsp3) is 0.200. The zero-order valence-corrected chi connectivity index (χ0v) is 17.7. The lowest BCUT2D eigenvalue weighted by Gasteiger charge is -2.16. The molecule has 1 amide bonds. The molecule has 0 bridgehead atoms. The van der Waals surface area contributed by atoms with Gasteiger partial charge >= 0.3 is 0 Å². The molecule has 0 radical (unpaired) electrons. The summed E-state index contributed by atoms with van der Waals surface area (Å²) in [6.07, 6.45) is 1.76. The Morgan fingerprint density at radius 2 is 1.85 bits per heavy atom. The normalized spacial score (nSPS) is 15.6. The van der Waals surface area contributed by atoms with E-state index in [1.165, 1.54) is 31.5 Å². The Morgan fingerprint density at radius 3 is 2.48 bits per heavy atom. The van der Waals surface area contributed by atoms with Crippen LogP contribution in [0.2, 0.25) is 5.02 Å². The molecule has 2 aromatic rings. The van der Waals surface area contributed by atoms with Crippen LogP contribution in [0.4, 0.5) is 5.69 Å². The molecule has 27 heavy (non-hydrogen) atoms. The number of halogens is 1. The maximum absolute atomic E-state index is 12.9. The maximum Gasteiger partial charge on any atom is 0.270 e. The Labute approximate surface area is 173 Å². The second kappa shape index (κ2) is 7.92. The molecule has 0 aliphatic carbocycles. The molecule has 140 valence electrons. The Hall–Kier alpha value is -2.02. The highest BCUT2D eigenvalue weighted by atomic mass is 35.5. The van der Waals surface area contributed by atoms with Gasteiger partial charge in [0.05, 0.1) is 29.8 Å². The van der Waals surface area contributed by atoms with E-state index >= 15 is 0 Å². The van der Waals surface area contributed by atoms with E-state index in [0.717, 1.165) is 16.8 Å². The van der Waals surface area contributed by atoms with E-state index in [4.69, 9.17) is 33.3 Å². The van der Waals surface area contributed by atoms with E-state index in [2.05, 4.69) is 0 Å². The van der Waals surface area contributed by atoms with Gasteiger partial charge in [-0.05, 0) is 60.9 Å². The summed E-state index contributed by atoms with van der Waals surface area (Å²) in [7, 11) is 3.06. The van der Waals surface area contributed by atoms with Gasteiger partial charge in [-0.3, -0.25) is 9.69 Å². The molecule has 1 fully saturated rings. The molecule has 0 aromatic heterocycles. The largest absolute Gasteiger partial charge is 0.493 e. The molecule has 0 saturated carbocycles. The van der Waals surface area contributed by atoms with Gasteiger partial charge in [-0.25, -0.2) is 0 Å². The second-order valence-electron chi connectivity index (χ2n) is 6.02. The van der Waals surface area contributed by atoms with Crippen LogP contribution in [0.5, 0.6) is 11.5 Å². The number of anilines is 1. The van der Waals surface area contributed by atoms with Gasteiger partial charge in [-0.1, -0.05) is 41.6 Å². The maximum atomic E-state index is 12.9. The molecule has 1 aliphatic heterocycles. The third-order valence-corrected chi connectivity index (χ3v) is 5.88. The summed E-state index contributed by atoms with van der Waals surface area (Å²) in [6, 6.07) is 9.36. The summed E-state index contributed by atoms with van der Waals surface area (Å²) < 4.78 is 11.1. The van der Waals surface area contributed by atoms with Crippen LogP contribution in [-0.2, 0) is 4.79 Å². The number of rotatable bonds is 4. The number of carbonyl (C=O) groups is 1. The average molecular weight is 420 g/mol. The molecule has 4 nitrogen and oxygen atoms in total. The van der Waals surface area contributed by atoms with Gasteiger partial charge in [0.25, 0.3) is 5.91 Å². The molecule has 0 spiro atoms. The lowest BCUT2D eigenvalue weighted by atomic mass is 10.1. The number of methoxy groups -OCH3 is 2. The lowest BCUT2D eigenvalue weighted by molar-refractivity contribution is -0.113. The summed E-state index contributed by atoms with van der Waals surface area (Å²) in [5.41, 5.74) is 3.78. The predicted molar refractivity (Wildman–Crippen MR) is 116 cm³/mol.